The molecule has 1 aromatic rings. The van der Waals surface area contributed by atoms with Crippen LogP contribution in [0, 0.1) is 17.6 Å². The lowest BCUT2D eigenvalue weighted by Crippen LogP contribution is -2.27. The van der Waals surface area contributed by atoms with Crippen molar-refractivity contribution in [3.8, 4) is 0 Å². The second-order valence-electron chi connectivity index (χ2n) is 4.74. The van der Waals surface area contributed by atoms with Crippen molar-refractivity contribution in [2.75, 3.05) is 0 Å². The molecule has 1 rings (SSSR count). The number of benzene rings is 1. The first kappa shape index (κ1) is 14.1. The summed E-state index contributed by atoms with van der Waals surface area (Å²) in [4.78, 5) is 0. The highest BCUT2D eigenvalue weighted by Crippen LogP contribution is 2.13. The lowest BCUT2D eigenvalue weighted by molar-refractivity contribution is 0.406. The molecule has 1 aromatic carbocycles. The molecule has 0 aromatic heterocycles. The molecule has 0 heterocycles. The SMILES string of the molecule is CCC(C)CC(C)NCc1cccc(F)c1F. The van der Waals surface area contributed by atoms with Crippen molar-refractivity contribution in [3.63, 3.8) is 0 Å². The maximum atomic E-state index is 13.4. The summed E-state index contributed by atoms with van der Waals surface area (Å²) in [7, 11) is 0. The molecular formula is C14H21F2N. The molecule has 0 saturated carbocycles. The van der Waals surface area contributed by atoms with Gasteiger partial charge in [-0.05, 0) is 25.3 Å². The van der Waals surface area contributed by atoms with Gasteiger partial charge >= 0.3 is 0 Å². The number of halogens is 2. The molecule has 1 nitrogen and oxygen atoms in total. The minimum atomic E-state index is -0.779. The van der Waals surface area contributed by atoms with Gasteiger partial charge in [0.1, 0.15) is 0 Å². The molecule has 0 aliphatic rings. The summed E-state index contributed by atoms with van der Waals surface area (Å²) < 4.78 is 26.3. The Morgan fingerprint density at radius 1 is 1.24 bits per heavy atom. The molecule has 0 saturated heterocycles. The lowest BCUT2D eigenvalue weighted by atomic mass is 10.0. The third kappa shape index (κ3) is 4.43. The van der Waals surface area contributed by atoms with E-state index in [4.69, 9.17) is 0 Å². The molecule has 2 unspecified atom stereocenters. The summed E-state index contributed by atoms with van der Waals surface area (Å²) in [5.74, 6) is -0.871. The zero-order valence-corrected chi connectivity index (χ0v) is 10.8. The Kier molecular flexibility index (Phi) is 5.56. The van der Waals surface area contributed by atoms with E-state index in [0.29, 0.717) is 24.1 Å². The molecule has 17 heavy (non-hydrogen) atoms. The molecule has 0 aliphatic carbocycles. The van der Waals surface area contributed by atoms with Crippen molar-refractivity contribution in [2.24, 2.45) is 5.92 Å². The van der Waals surface area contributed by atoms with Crippen LogP contribution in [0.4, 0.5) is 8.78 Å². The van der Waals surface area contributed by atoms with E-state index in [-0.39, 0.29) is 0 Å². The highest BCUT2D eigenvalue weighted by molar-refractivity contribution is 5.18. The summed E-state index contributed by atoms with van der Waals surface area (Å²) in [6, 6.07) is 4.60. The normalized spacial score (nSPS) is 14.6. The molecule has 0 aliphatic heterocycles. The molecule has 2 atom stereocenters. The van der Waals surface area contributed by atoms with Crippen LogP contribution in [0.15, 0.2) is 18.2 Å². The third-order valence-electron chi connectivity index (χ3n) is 3.13. The molecule has 0 fully saturated rings. The van der Waals surface area contributed by atoms with Gasteiger partial charge in [0, 0.05) is 18.2 Å². The molecule has 3 heteroatoms. The van der Waals surface area contributed by atoms with Crippen molar-refractivity contribution in [1.29, 1.82) is 0 Å². The van der Waals surface area contributed by atoms with Crippen LogP contribution in [0.5, 0.6) is 0 Å². The second-order valence-corrected chi connectivity index (χ2v) is 4.74. The van der Waals surface area contributed by atoms with E-state index in [2.05, 4.69) is 26.1 Å². The van der Waals surface area contributed by atoms with Gasteiger partial charge in [0.2, 0.25) is 0 Å². The number of rotatable bonds is 6. The van der Waals surface area contributed by atoms with Gasteiger partial charge in [0.15, 0.2) is 11.6 Å². The van der Waals surface area contributed by atoms with Crippen LogP contribution in [0.2, 0.25) is 0 Å². The Balaban J connectivity index is 2.47. The molecule has 0 radical (unpaired) electrons. The van der Waals surface area contributed by atoms with Gasteiger partial charge < -0.3 is 5.32 Å². The van der Waals surface area contributed by atoms with Gasteiger partial charge in [-0.3, -0.25) is 0 Å². The molecular weight excluding hydrogens is 220 g/mol. The minimum Gasteiger partial charge on any atom is -0.310 e. The van der Waals surface area contributed by atoms with Gasteiger partial charge in [0.05, 0.1) is 0 Å². The van der Waals surface area contributed by atoms with Gasteiger partial charge in [-0.1, -0.05) is 32.4 Å². The van der Waals surface area contributed by atoms with Gasteiger partial charge in [-0.15, -0.1) is 0 Å². The average Bonchev–Trinajstić information content (AvgIpc) is 2.31. The first-order valence-corrected chi connectivity index (χ1v) is 6.20. The summed E-state index contributed by atoms with van der Waals surface area (Å²) >= 11 is 0. The fraction of sp³-hybridized carbons (Fsp3) is 0.571. The molecule has 0 spiro atoms. The quantitative estimate of drug-likeness (QED) is 0.797. The van der Waals surface area contributed by atoms with Crippen LogP contribution in [0.3, 0.4) is 0 Å². The summed E-state index contributed by atoms with van der Waals surface area (Å²) in [5.41, 5.74) is 0.390. The molecule has 1 N–H and O–H groups in total. The second kappa shape index (κ2) is 6.70. The zero-order chi connectivity index (χ0) is 12.8. The predicted octanol–water partition coefficient (Wildman–Crippen LogP) is 3.88. The van der Waals surface area contributed by atoms with Crippen LogP contribution < -0.4 is 5.32 Å². The van der Waals surface area contributed by atoms with E-state index in [1.165, 1.54) is 6.07 Å². The van der Waals surface area contributed by atoms with Crippen molar-refractivity contribution >= 4 is 0 Å². The maximum absolute atomic E-state index is 13.4. The summed E-state index contributed by atoms with van der Waals surface area (Å²) in [5, 5.41) is 3.23. The van der Waals surface area contributed by atoms with E-state index in [0.717, 1.165) is 18.9 Å². The monoisotopic (exact) mass is 241 g/mol. The van der Waals surface area contributed by atoms with Crippen molar-refractivity contribution in [1.82, 2.24) is 5.32 Å². The number of nitrogens with one attached hydrogen (secondary N) is 1. The van der Waals surface area contributed by atoms with Gasteiger partial charge in [-0.2, -0.15) is 0 Å². The van der Waals surface area contributed by atoms with E-state index in [1.54, 1.807) is 6.07 Å². The third-order valence-corrected chi connectivity index (χ3v) is 3.13. The number of hydrogen-bond acceptors (Lipinski definition) is 1. The summed E-state index contributed by atoms with van der Waals surface area (Å²) in [6.45, 7) is 6.80. The van der Waals surface area contributed by atoms with Crippen molar-refractivity contribution in [2.45, 2.75) is 46.2 Å². The first-order valence-electron chi connectivity index (χ1n) is 6.20. The van der Waals surface area contributed by atoms with E-state index < -0.39 is 11.6 Å². The van der Waals surface area contributed by atoms with Crippen LogP contribution in [0.25, 0.3) is 0 Å². The fourth-order valence-corrected chi connectivity index (χ4v) is 1.82. The van der Waals surface area contributed by atoms with E-state index >= 15 is 0 Å². The minimum absolute atomic E-state index is 0.313. The highest BCUT2D eigenvalue weighted by atomic mass is 19.2. The Bertz CT molecular complexity index is 352. The van der Waals surface area contributed by atoms with Crippen LogP contribution >= 0.6 is 0 Å². The summed E-state index contributed by atoms with van der Waals surface area (Å²) in [6.07, 6.45) is 2.19. The lowest BCUT2D eigenvalue weighted by Gasteiger charge is -2.17. The van der Waals surface area contributed by atoms with Crippen LogP contribution in [-0.4, -0.2) is 6.04 Å². The highest BCUT2D eigenvalue weighted by Gasteiger charge is 2.10. The Morgan fingerprint density at radius 3 is 2.59 bits per heavy atom. The first-order chi connectivity index (χ1) is 8.04. The molecule has 0 amide bonds. The largest absolute Gasteiger partial charge is 0.310 e. The predicted molar refractivity (Wildman–Crippen MR) is 66.7 cm³/mol. The van der Waals surface area contributed by atoms with Gasteiger partial charge in [-0.25, -0.2) is 8.78 Å². The smallest absolute Gasteiger partial charge is 0.163 e. The van der Waals surface area contributed by atoms with Crippen LogP contribution in [-0.2, 0) is 6.54 Å². The number of hydrogen-bond donors (Lipinski definition) is 1. The van der Waals surface area contributed by atoms with Crippen molar-refractivity contribution < 1.29 is 8.78 Å². The Hall–Kier alpha value is -0.960. The molecule has 96 valence electrons. The van der Waals surface area contributed by atoms with Crippen molar-refractivity contribution in [3.05, 3.63) is 35.4 Å². The van der Waals surface area contributed by atoms with E-state index in [1.807, 2.05) is 0 Å². The molecule has 0 bridgehead atoms. The van der Waals surface area contributed by atoms with Crippen LogP contribution in [0.1, 0.15) is 39.2 Å². The fourth-order valence-electron chi connectivity index (χ4n) is 1.82. The average molecular weight is 241 g/mol. The zero-order valence-electron chi connectivity index (χ0n) is 10.8. The maximum Gasteiger partial charge on any atom is 0.163 e. The van der Waals surface area contributed by atoms with Gasteiger partial charge in [0.25, 0.3) is 0 Å². The standard InChI is InChI=1S/C14H21F2N/c1-4-10(2)8-11(3)17-9-12-6-5-7-13(15)14(12)16/h5-7,10-11,17H,4,8-9H2,1-3H3. The van der Waals surface area contributed by atoms with E-state index in [9.17, 15) is 8.78 Å². The Labute approximate surface area is 102 Å². The Morgan fingerprint density at radius 2 is 1.94 bits per heavy atom. The topological polar surface area (TPSA) is 12.0 Å².